The monoisotopic (exact) mass is 390 g/mol. The molecule has 0 saturated heterocycles. The van der Waals surface area contributed by atoms with Crippen molar-refractivity contribution in [3.8, 4) is 0 Å². The maximum Gasteiger partial charge on any atom is 0.408 e. The van der Waals surface area contributed by atoms with E-state index in [0.717, 1.165) is 11.6 Å². The fourth-order valence-electron chi connectivity index (χ4n) is 2.47. The molecule has 1 aromatic rings. The number of nitrogens with one attached hydrogen (secondary N) is 2. The van der Waals surface area contributed by atoms with E-state index in [9.17, 15) is 14.4 Å². The number of hydrogen-bond acceptors (Lipinski definition) is 4. The van der Waals surface area contributed by atoms with Crippen molar-refractivity contribution in [2.45, 2.75) is 64.6 Å². The summed E-state index contributed by atoms with van der Waals surface area (Å²) < 4.78 is 5.19. The average molecular weight is 390 g/mol. The first-order chi connectivity index (χ1) is 13.1. The maximum atomic E-state index is 12.6. The largest absolute Gasteiger partial charge is 0.478 e. The molecule has 0 saturated carbocycles. The Morgan fingerprint density at radius 1 is 1.14 bits per heavy atom. The second kappa shape index (κ2) is 11.1. The maximum absolute atomic E-state index is 12.6. The Morgan fingerprint density at radius 3 is 2.32 bits per heavy atom. The Balaban J connectivity index is 2.73. The van der Waals surface area contributed by atoms with Crippen LogP contribution in [0.25, 0.3) is 0 Å². The third-order valence-corrected chi connectivity index (χ3v) is 3.80. The summed E-state index contributed by atoms with van der Waals surface area (Å²) in [7, 11) is 0. The molecular formula is C21H30N2O5. The number of amides is 2. The number of carbonyl (C=O) groups excluding carboxylic acids is 2. The van der Waals surface area contributed by atoms with Crippen molar-refractivity contribution in [2.24, 2.45) is 0 Å². The van der Waals surface area contributed by atoms with Crippen LogP contribution in [0.4, 0.5) is 4.79 Å². The summed E-state index contributed by atoms with van der Waals surface area (Å²) in [4.78, 5) is 35.4. The van der Waals surface area contributed by atoms with E-state index in [-0.39, 0.29) is 5.91 Å². The standard InChI is InChI=1S/C21H30N2O5/c1-5-17(23-20(27)28-21(2,3)4)19(26)22-16(13-14-18(24)25)12-11-15-9-7-6-8-10-15/h6-10,13-14,16-17H,5,11-12H2,1-4H3,(H,22,26)(H,23,27)(H,24,25)/t16?,17-/m0/s1. The molecule has 0 spiro atoms. The first-order valence-corrected chi connectivity index (χ1v) is 9.35. The number of carbonyl (C=O) groups is 3. The summed E-state index contributed by atoms with van der Waals surface area (Å²) in [6, 6.07) is 8.46. The van der Waals surface area contributed by atoms with Gasteiger partial charge in [-0.05, 0) is 45.6 Å². The lowest BCUT2D eigenvalue weighted by Crippen LogP contribution is -2.50. The quantitative estimate of drug-likeness (QED) is 0.562. The Kier molecular flexibility index (Phi) is 9.21. The van der Waals surface area contributed by atoms with Crippen LogP contribution >= 0.6 is 0 Å². The van der Waals surface area contributed by atoms with Crippen LogP contribution in [-0.4, -0.2) is 40.8 Å². The number of carboxylic acids is 1. The molecule has 0 aromatic heterocycles. The van der Waals surface area contributed by atoms with E-state index >= 15 is 0 Å². The van der Waals surface area contributed by atoms with Gasteiger partial charge in [-0.25, -0.2) is 9.59 Å². The third-order valence-electron chi connectivity index (χ3n) is 3.80. The number of benzene rings is 1. The van der Waals surface area contributed by atoms with Crippen LogP contribution in [-0.2, 0) is 20.7 Å². The summed E-state index contributed by atoms with van der Waals surface area (Å²) in [6.45, 7) is 6.99. The van der Waals surface area contributed by atoms with Gasteiger partial charge in [-0.1, -0.05) is 43.3 Å². The van der Waals surface area contributed by atoms with Crippen molar-refractivity contribution in [3.05, 3.63) is 48.0 Å². The van der Waals surface area contributed by atoms with Crippen LogP contribution < -0.4 is 10.6 Å². The van der Waals surface area contributed by atoms with E-state index in [1.54, 1.807) is 27.7 Å². The number of aryl methyl sites for hydroxylation is 1. The minimum atomic E-state index is -1.09. The summed E-state index contributed by atoms with van der Waals surface area (Å²) in [5.74, 6) is -1.47. The van der Waals surface area contributed by atoms with Crippen molar-refractivity contribution in [1.29, 1.82) is 0 Å². The molecule has 3 N–H and O–H groups in total. The van der Waals surface area contributed by atoms with Gasteiger partial charge in [0.25, 0.3) is 0 Å². The minimum Gasteiger partial charge on any atom is -0.478 e. The van der Waals surface area contributed by atoms with Gasteiger partial charge in [0, 0.05) is 12.1 Å². The van der Waals surface area contributed by atoms with Crippen molar-refractivity contribution in [1.82, 2.24) is 10.6 Å². The number of alkyl carbamates (subject to hydrolysis) is 1. The zero-order chi connectivity index (χ0) is 21.2. The van der Waals surface area contributed by atoms with E-state index in [1.165, 1.54) is 6.08 Å². The van der Waals surface area contributed by atoms with Gasteiger partial charge in [-0.15, -0.1) is 0 Å². The van der Waals surface area contributed by atoms with Gasteiger partial charge in [0.2, 0.25) is 5.91 Å². The SMILES string of the molecule is CC[C@H](NC(=O)OC(C)(C)C)C(=O)NC(C=CC(=O)O)CCc1ccccc1. The molecule has 7 heteroatoms. The highest BCUT2D eigenvalue weighted by atomic mass is 16.6. The lowest BCUT2D eigenvalue weighted by Gasteiger charge is -2.24. The number of ether oxygens (including phenoxy) is 1. The first kappa shape index (κ1) is 23.2. The van der Waals surface area contributed by atoms with Gasteiger partial charge in [0.1, 0.15) is 11.6 Å². The molecule has 0 fully saturated rings. The van der Waals surface area contributed by atoms with E-state index in [4.69, 9.17) is 9.84 Å². The topological polar surface area (TPSA) is 105 Å². The molecule has 28 heavy (non-hydrogen) atoms. The summed E-state index contributed by atoms with van der Waals surface area (Å²) in [5.41, 5.74) is 0.422. The Bertz CT molecular complexity index is 680. The fraction of sp³-hybridized carbons (Fsp3) is 0.476. The molecule has 7 nitrogen and oxygen atoms in total. The van der Waals surface area contributed by atoms with Crippen molar-refractivity contribution < 1.29 is 24.2 Å². The Hall–Kier alpha value is -2.83. The van der Waals surface area contributed by atoms with E-state index < -0.39 is 29.7 Å². The van der Waals surface area contributed by atoms with Gasteiger partial charge in [-0.3, -0.25) is 4.79 Å². The van der Waals surface area contributed by atoms with Crippen molar-refractivity contribution in [2.75, 3.05) is 0 Å². The van der Waals surface area contributed by atoms with Crippen molar-refractivity contribution in [3.63, 3.8) is 0 Å². The molecule has 0 aliphatic rings. The molecule has 2 atom stereocenters. The molecule has 0 aliphatic heterocycles. The fourth-order valence-corrected chi connectivity index (χ4v) is 2.47. The molecule has 1 unspecified atom stereocenters. The predicted octanol–water partition coefficient (Wildman–Crippen LogP) is 3.05. The molecule has 0 radical (unpaired) electrons. The number of rotatable bonds is 9. The molecular weight excluding hydrogens is 360 g/mol. The minimum absolute atomic E-state index is 0.374. The average Bonchev–Trinajstić information content (AvgIpc) is 2.61. The molecule has 1 aromatic carbocycles. The number of aliphatic carboxylic acids is 1. The lowest BCUT2D eigenvalue weighted by atomic mass is 10.0. The molecule has 0 aliphatic carbocycles. The lowest BCUT2D eigenvalue weighted by molar-refractivity contribution is -0.131. The summed E-state index contributed by atoms with van der Waals surface area (Å²) in [5, 5.41) is 14.2. The molecule has 0 heterocycles. The van der Waals surface area contributed by atoms with Gasteiger partial charge in [0.05, 0.1) is 0 Å². The second-order valence-electron chi connectivity index (χ2n) is 7.44. The van der Waals surface area contributed by atoms with Gasteiger partial charge >= 0.3 is 12.1 Å². The first-order valence-electron chi connectivity index (χ1n) is 9.35. The highest BCUT2D eigenvalue weighted by Crippen LogP contribution is 2.09. The summed E-state index contributed by atoms with van der Waals surface area (Å²) in [6.07, 6.45) is 3.37. The van der Waals surface area contributed by atoms with E-state index in [1.807, 2.05) is 30.3 Å². The van der Waals surface area contributed by atoms with E-state index in [0.29, 0.717) is 19.3 Å². The second-order valence-corrected chi connectivity index (χ2v) is 7.44. The van der Waals surface area contributed by atoms with Crippen molar-refractivity contribution >= 4 is 18.0 Å². The van der Waals surface area contributed by atoms with Crippen LogP contribution in [0.5, 0.6) is 0 Å². The Labute approximate surface area is 166 Å². The van der Waals surface area contributed by atoms with Crippen LogP contribution in [0.15, 0.2) is 42.5 Å². The summed E-state index contributed by atoms with van der Waals surface area (Å²) >= 11 is 0. The smallest absolute Gasteiger partial charge is 0.408 e. The molecule has 1 rings (SSSR count). The molecule has 0 bridgehead atoms. The highest BCUT2D eigenvalue weighted by molar-refractivity contribution is 5.86. The van der Waals surface area contributed by atoms with Gasteiger partial charge in [-0.2, -0.15) is 0 Å². The van der Waals surface area contributed by atoms with Crippen LogP contribution in [0.1, 0.15) is 46.1 Å². The van der Waals surface area contributed by atoms with E-state index in [2.05, 4.69) is 10.6 Å². The zero-order valence-electron chi connectivity index (χ0n) is 16.9. The third kappa shape index (κ3) is 9.75. The van der Waals surface area contributed by atoms with Crippen LogP contribution in [0.3, 0.4) is 0 Å². The predicted molar refractivity (Wildman–Crippen MR) is 107 cm³/mol. The molecule has 154 valence electrons. The normalized spacial score (nSPS) is 13.6. The van der Waals surface area contributed by atoms with Crippen LogP contribution in [0, 0.1) is 0 Å². The Morgan fingerprint density at radius 2 is 1.79 bits per heavy atom. The number of hydrogen-bond donors (Lipinski definition) is 3. The molecule has 2 amide bonds. The van der Waals surface area contributed by atoms with Gasteiger partial charge < -0.3 is 20.5 Å². The highest BCUT2D eigenvalue weighted by Gasteiger charge is 2.24. The van der Waals surface area contributed by atoms with Gasteiger partial charge in [0.15, 0.2) is 0 Å². The number of carboxylic acid groups (broad SMARTS) is 1. The zero-order valence-corrected chi connectivity index (χ0v) is 16.9. The van der Waals surface area contributed by atoms with Crippen LogP contribution in [0.2, 0.25) is 0 Å².